The van der Waals surface area contributed by atoms with Crippen molar-refractivity contribution in [2.45, 2.75) is 33.0 Å². The minimum absolute atomic E-state index is 0.0362. The quantitative estimate of drug-likeness (QED) is 0.864. The van der Waals surface area contributed by atoms with E-state index in [-0.39, 0.29) is 6.61 Å². The van der Waals surface area contributed by atoms with Gasteiger partial charge in [0.2, 0.25) is 0 Å². The first-order chi connectivity index (χ1) is 9.05. The lowest BCUT2D eigenvalue weighted by molar-refractivity contribution is 0.0636. The molecule has 1 rings (SSSR count). The molecule has 0 aliphatic rings. The van der Waals surface area contributed by atoms with Crippen molar-refractivity contribution >= 4 is 21.9 Å². The molecule has 1 aromatic rings. The molecule has 1 aromatic carbocycles. The van der Waals surface area contributed by atoms with Crippen molar-refractivity contribution in [3.8, 4) is 0 Å². The highest BCUT2D eigenvalue weighted by molar-refractivity contribution is 7.85. The molecule has 0 saturated heterocycles. The largest absolute Gasteiger partial charge is 0.444 e. The van der Waals surface area contributed by atoms with Crippen LogP contribution in [0.25, 0.3) is 0 Å². The molecular formula is C13H19NO5S. The lowest BCUT2D eigenvalue weighted by Gasteiger charge is -2.19. The highest BCUT2D eigenvalue weighted by atomic mass is 32.2. The van der Waals surface area contributed by atoms with Crippen LogP contribution < -0.4 is 5.32 Å². The fraction of sp³-hybridized carbons (Fsp3) is 0.462. The maximum absolute atomic E-state index is 11.5. The van der Waals surface area contributed by atoms with Crippen LogP contribution in [0.3, 0.4) is 0 Å². The van der Waals surface area contributed by atoms with Gasteiger partial charge in [-0.1, -0.05) is 12.1 Å². The average Bonchev–Trinajstić information content (AvgIpc) is 2.24. The van der Waals surface area contributed by atoms with Crippen LogP contribution in [0, 0.1) is 0 Å². The van der Waals surface area contributed by atoms with Crippen LogP contribution in [0.2, 0.25) is 0 Å². The SMILES string of the molecule is CC(C)(C)OC(=O)Nc1ccc(COS(C)(=O)=O)cc1. The van der Waals surface area contributed by atoms with Gasteiger partial charge in [0.15, 0.2) is 0 Å². The number of carbonyl (C=O) groups excluding carboxylic acids is 1. The van der Waals surface area contributed by atoms with Crippen LogP contribution in [0.4, 0.5) is 10.5 Å². The Morgan fingerprint density at radius 1 is 1.20 bits per heavy atom. The van der Waals surface area contributed by atoms with Gasteiger partial charge in [-0.25, -0.2) is 4.79 Å². The number of anilines is 1. The summed E-state index contributed by atoms with van der Waals surface area (Å²) in [6.07, 6.45) is 0.448. The molecule has 0 atom stereocenters. The minimum Gasteiger partial charge on any atom is -0.444 e. The molecule has 0 aliphatic carbocycles. The first-order valence-electron chi connectivity index (χ1n) is 5.98. The minimum atomic E-state index is -3.46. The van der Waals surface area contributed by atoms with Crippen molar-refractivity contribution in [3.05, 3.63) is 29.8 Å². The number of rotatable bonds is 4. The number of carbonyl (C=O) groups is 1. The maximum Gasteiger partial charge on any atom is 0.412 e. The first-order valence-corrected chi connectivity index (χ1v) is 7.80. The predicted octanol–water partition coefficient (Wildman–Crippen LogP) is 2.51. The van der Waals surface area contributed by atoms with Crippen molar-refractivity contribution in [1.29, 1.82) is 0 Å². The van der Waals surface area contributed by atoms with Gasteiger partial charge in [0.25, 0.3) is 10.1 Å². The summed E-state index contributed by atoms with van der Waals surface area (Å²) in [4.78, 5) is 11.5. The summed E-state index contributed by atoms with van der Waals surface area (Å²) in [5, 5.41) is 2.58. The van der Waals surface area contributed by atoms with Crippen LogP contribution in [0.1, 0.15) is 26.3 Å². The van der Waals surface area contributed by atoms with E-state index in [9.17, 15) is 13.2 Å². The molecule has 0 unspecified atom stereocenters. The smallest absolute Gasteiger partial charge is 0.412 e. The summed E-state index contributed by atoms with van der Waals surface area (Å²) in [7, 11) is -3.46. The predicted molar refractivity (Wildman–Crippen MR) is 75.9 cm³/mol. The third-order valence-electron chi connectivity index (χ3n) is 2.04. The number of hydrogen-bond donors (Lipinski definition) is 1. The second-order valence-corrected chi connectivity index (χ2v) is 6.93. The number of nitrogens with one attached hydrogen (secondary N) is 1. The van der Waals surface area contributed by atoms with Gasteiger partial charge in [-0.15, -0.1) is 0 Å². The second-order valence-electron chi connectivity index (χ2n) is 5.29. The van der Waals surface area contributed by atoms with E-state index in [0.717, 1.165) is 6.26 Å². The van der Waals surface area contributed by atoms with E-state index < -0.39 is 21.8 Å². The monoisotopic (exact) mass is 301 g/mol. The molecule has 112 valence electrons. The van der Waals surface area contributed by atoms with Gasteiger partial charge >= 0.3 is 6.09 Å². The number of hydrogen-bond acceptors (Lipinski definition) is 5. The number of benzene rings is 1. The van der Waals surface area contributed by atoms with Crippen LogP contribution in [-0.4, -0.2) is 26.4 Å². The van der Waals surface area contributed by atoms with Crippen LogP contribution >= 0.6 is 0 Å². The van der Waals surface area contributed by atoms with E-state index in [1.165, 1.54) is 0 Å². The summed E-state index contributed by atoms with van der Waals surface area (Å²) < 4.78 is 31.5. The lowest BCUT2D eigenvalue weighted by Crippen LogP contribution is -2.27. The van der Waals surface area contributed by atoms with E-state index in [2.05, 4.69) is 9.50 Å². The highest BCUT2D eigenvalue weighted by Crippen LogP contribution is 2.13. The zero-order valence-electron chi connectivity index (χ0n) is 12.0. The topological polar surface area (TPSA) is 81.7 Å². The highest BCUT2D eigenvalue weighted by Gasteiger charge is 2.16. The van der Waals surface area contributed by atoms with Crippen molar-refractivity contribution in [2.75, 3.05) is 11.6 Å². The molecule has 0 bridgehead atoms. The Bertz CT molecular complexity index is 557. The average molecular weight is 301 g/mol. The molecule has 0 fully saturated rings. The van der Waals surface area contributed by atoms with Crippen molar-refractivity contribution in [2.24, 2.45) is 0 Å². The molecule has 1 amide bonds. The Morgan fingerprint density at radius 2 is 1.75 bits per heavy atom. The fourth-order valence-electron chi connectivity index (χ4n) is 1.28. The summed E-state index contributed by atoms with van der Waals surface area (Å²) >= 11 is 0. The van der Waals surface area contributed by atoms with E-state index in [1.807, 2.05) is 0 Å². The molecule has 0 aliphatic heterocycles. The van der Waals surface area contributed by atoms with Gasteiger partial charge in [0.05, 0.1) is 12.9 Å². The van der Waals surface area contributed by atoms with Gasteiger partial charge in [-0.05, 0) is 38.5 Å². The van der Waals surface area contributed by atoms with Gasteiger partial charge in [-0.3, -0.25) is 9.50 Å². The van der Waals surface area contributed by atoms with E-state index in [4.69, 9.17) is 4.74 Å². The van der Waals surface area contributed by atoms with Crippen molar-refractivity contribution in [1.82, 2.24) is 0 Å². The maximum atomic E-state index is 11.5. The molecule has 0 saturated carbocycles. The second kappa shape index (κ2) is 6.23. The van der Waals surface area contributed by atoms with Crippen molar-refractivity contribution in [3.63, 3.8) is 0 Å². The Kier molecular flexibility index (Phi) is 5.13. The summed E-state index contributed by atoms with van der Waals surface area (Å²) in [5.74, 6) is 0. The normalized spacial score (nSPS) is 12.0. The van der Waals surface area contributed by atoms with Gasteiger partial charge in [0, 0.05) is 5.69 Å². The molecule has 0 aromatic heterocycles. The van der Waals surface area contributed by atoms with Gasteiger partial charge in [-0.2, -0.15) is 8.42 Å². The third kappa shape index (κ3) is 7.10. The summed E-state index contributed by atoms with van der Waals surface area (Å²) in [5.41, 5.74) is 0.681. The Labute approximate surface area is 119 Å². The molecule has 0 heterocycles. The third-order valence-corrected chi connectivity index (χ3v) is 2.58. The Hall–Kier alpha value is -1.60. The molecule has 6 nitrogen and oxygen atoms in total. The summed E-state index contributed by atoms with van der Waals surface area (Å²) in [6, 6.07) is 6.62. The van der Waals surface area contributed by atoms with Crippen LogP contribution in [0.5, 0.6) is 0 Å². The first kappa shape index (κ1) is 16.5. The molecule has 20 heavy (non-hydrogen) atoms. The molecule has 1 N–H and O–H groups in total. The summed E-state index contributed by atoms with van der Waals surface area (Å²) in [6.45, 7) is 5.29. The van der Waals surface area contributed by atoms with E-state index >= 15 is 0 Å². The number of amides is 1. The molecule has 0 radical (unpaired) electrons. The van der Waals surface area contributed by atoms with Crippen molar-refractivity contribution < 1.29 is 22.1 Å². The molecule has 7 heteroatoms. The molecular weight excluding hydrogens is 282 g/mol. The van der Waals surface area contributed by atoms with Gasteiger partial charge < -0.3 is 4.74 Å². The van der Waals surface area contributed by atoms with E-state index in [1.54, 1.807) is 45.0 Å². The Balaban J connectivity index is 2.57. The Morgan fingerprint density at radius 3 is 2.20 bits per heavy atom. The van der Waals surface area contributed by atoms with Gasteiger partial charge in [0.1, 0.15) is 5.60 Å². The standard InChI is InChI=1S/C13H19NO5S/c1-13(2,3)19-12(15)14-11-7-5-10(6-8-11)9-18-20(4,16)17/h5-8H,9H2,1-4H3,(H,14,15). The lowest BCUT2D eigenvalue weighted by atomic mass is 10.2. The number of ether oxygens (including phenoxy) is 1. The van der Waals surface area contributed by atoms with E-state index in [0.29, 0.717) is 11.3 Å². The van der Waals surface area contributed by atoms with Crippen LogP contribution in [-0.2, 0) is 25.6 Å². The zero-order valence-corrected chi connectivity index (χ0v) is 12.8. The van der Waals surface area contributed by atoms with Crippen LogP contribution in [0.15, 0.2) is 24.3 Å². The fourth-order valence-corrected chi connectivity index (χ4v) is 1.63. The molecule has 0 spiro atoms. The zero-order chi connectivity index (χ0) is 15.4.